The van der Waals surface area contributed by atoms with Crippen LogP contribution < -0.4 is 0 Å². The van der Waals surface area contributed by atoms with Crippen LogP contribution in [0.1, 0.15) is 16.9 Å². The molecule has 0 radical (unpaired) electrons. The fourth-order valence-corrected chi connectivity index (χ4v) is 2.76. The number of carboxylic acid groups (broad SMARTS) is 1. The molecule has 1 fully saturated rings. The molecular formula is C16H13F3N2O4. The van der Waals surface area contributed by atoms with Gasteiger partial charge in [0.05, 0.1) is 0 Å². The highest BCUT2D eigenvalue weighted by Gasteiger charge is 2.64. The number of amides is 1. The Kier molecular flexibility index (Phi) is 4.02. The van der Waals surface area contributed by atoms with Gasteiger partial charge in [-0.05, 0) is 18.6 Å². The van der Waals surface area contributed by atoms with E-state index in [0.29, 0.717) is 5.56 Å². The Morgan fingerprint density at radius 2 is 1.92 bits per heavy atom. The van der Waals surface area contributed by atoms with Crippen LogP contribution in [-0.2, 0) is 4.79 Å². The van der Waals surface area contributed by atoms with Crippen molar-refractivity contribution in [3.05, 3.63) is 42.3 Å². The number of hydrogen-bond donors (Lipinski definition) is 1. The number of hydrogen-bond acceptors (Lipinski definition) is 4. The molecule has 6 nitrogen and oxygen atoms in total. The van der Waals surface area contributed by atoms with E-state index in [2.05, 4.69) is 4.98 Å². The maximum absolute atomic E-state index is 13.2. The molecule has 0 saturated carbocycles. The minimum atomic E-state index is -4.95. The third kappa shape index (κ3) is 2.86. The summed E-state index contributed by atoms with van der Waals surface area (Å²) in [6.07, 6.45) is -4.59. The van der Waals surface area contributed by atoms with Gasteiger partial charge in [0.2, 0.25) is 5.89 Å². The van der Waals surface area contributed by atoms with Crippen molar-refractivity contribution in [1.29, 1.82) is 0 Å². The second-order valence-electron chi connectivity index (χ2n) is 5.77. The molecular weight excluding hydrogens is 341 g/mol. The van der Waals surface area contributed by atoms with E-state index in [4.69, 9.17) is 9.52 Å². The van der Waals surface area contributed by atoms with Crippen molar-refractivity contribution < 1.29 is 32.3 Å². The van der Waals surface area contributed by atoms with Crippen LogP contribution in [0, 0.1) is 5.41 Å². The molecule has 3 rings (SSSR count). The Bertz CT molecular complexity index is 803. The Balaban J connectivity index is 1.81. The lowest BCUT2D eigenvalue weighted by Gasteiger charge is -2.26. The number of likely N-dealkylation sites (tertiary alicyclic amines) is 1. The summed E-state index contributed by atoms with van der Waals surface area (Å²) in [7, 11) is 0. The van der Waals surface area contributed by atoms with Crippen molar-refractivity contribution >= 4 is 11.9 Å². The summed E-state index contributed by atoms with van der Waals surface area (Å²) in [5, 5.41) is 9.03. The first kappa shape index (κ1) is 17.0. The lowest BCUT2D eigenvalue weighted by molar-refractivity contribution is -0.227. The van der Waals surface area contributed by atoms with Gasteiger partial charge in [0, 0.05) is 18.7 Å². The van der Waals surface area contributed by atoms with Crippen molar-refractivity contribution in [2.24, 2.45) is 5.41 Å². The average molecular weight is 354 g/mol. The number of benzene rings is 1. The van der Waals surface area contributed by atoms with Crippen LogP contribution in [0.4, 0.5) is 13.2 Å². The first-order valence-corrected chi connectivity index (χ1v) is 7.35. The van der Waals surface area contributed by atoms with E-state index in [1.807, 2.05) is 0 Å². The Morgan fingerprint density at radius 1 is 1.24 bits per heavy atom. The fraction of sp³-hybridized carbons (Fsp3) is 0.312. The van der Waals surface area contributed by atoms with Crippen molar-refractivity contribution in [3.63, 3.8) is 0 Å². The quantitative estimate of drug-likeness (QED) is 0.916. The van der Waals surface area contributed by atoms with Crippen LogP contribution in [-0.4, -0.2) is 46.1 Å². The number of carbonyl (C=O) groups excluding carboxylic acids is 1. The van der Waals surface area contributed by atoms with Gasteiger partial charge in [0.15, 0.2) is 11.1 Å². The number of halogens is 3. The Morgan fingerprint density at radius 3 is 2.48 bits per heavy atom. The van der Waals surface area contributed by atoms with Gasteiger partial charge in [-0.25, -0.2) is 4.98 Å². The number of alkyl halides is 3. The van der Waals surface area contributed by atoms with Gasteiger partial charge in [-0.15, -0.1) is 0 Å². The minimum absolute atomic E-state index is 0.156. The largest absolute Gasteiger partial charge is 0.481 e. The molecule has 25 heavy (non-hydrogen) atoms. The van der Waals surface area contributed by atoms with E-state index in [1.54, 1.807) is 30.3 Å². The summed E-state index contributed by atoms with van der Waals surface area (Å²) in [6, 6.07) is 8.67. The molecule has 0 bridgehead atoms. The number of carboxylic acids is 1. The zero-order valence-corrected chi connectivity index (χ0v) is 12.8. The van der Waals surface area contributed by atoms with Gasteiger partial charge in [-0.3, -0.25) is 9.59 Å². The molecule has 1 aromatic carbocycles. The monoisotopic (exact) mass is 354 g/mol. The molecule has 1 aromatic heterocycles. The third-order valence-corrected chi connectivity index (χ3v) is 4.25. The van der Waals surface area contributed by atoms with Crippen LogP contribution in [0.3, 0.4) is 0 Å². The molecule has 1 aliphatic heterocycles. The number of rotatable bonds is 3. The molecule has 2 heterocycles. The predicted octanol–water partition coefficient (Wildman–Crippen LogP) is 2.82. The van der Waals surface area contributed by atoms with Crippen LogP contribution in [0.2, 0.25) is 0 Å². The van der Waals surface area contributed by atoms with Crippen molar-refractivity contribution in [3.8, 4) is 11.5 Å². The van der Waals surface area contributed by atoms with Crippen LogP contribution in [0.15, 0.2) is 41.0 Å². The second-order valence-corrected chi connectivity index (χ2v) is 5.77. The summed E-state index contributed by atoms with van der Waals surface area (Å²) in [6.45, 7) is -1.27. The van der Waals surface area contributed by atoms with Crippen LogP contribution in [0.25, 0.3) is 11.5 Å². The summed E-state index contributed by atoms with van der Waals surface area (Å²) < 4.78 is 44.7. The van der Waals surface area contributed by atoms with E-state index >= 15 is 0 Å². The van der Waals surface area contributed by atoms with E-state index in [1.165, 1.54) is 0 Å². The van der Waals surface area contributed by atoms with Gasteiger partial charge in [-0.2, -0.15) is 13.2 Å². The summed E-state index contributed by atoms with van der Waals surface area (Å²) in [5.74, 6) is -2.62. The van der Waals surface area contributed by atoms with Crippen LogP contribution >= 0.6 is 0 Å². The number of oxazole rings is 1. The van der Waals surface area contributed by atoms with E-state index in [-0.39, 0.29) is 18.1 Å². The standard InChI is InChI=1S/C16H13F3N2O4/c17-16(18,19)15(14(23)24)6-7-21(9-15)13(22)11-8-25-12(20-11)10-4-2-1-3-5-10/h1-5,8H,6-7,9H2,(H,23,24). The zero-order chi connectivity index (χ0) is 18.2. The zero-order valence-electron chi connectivity index (χ0n) is 12.8. The normalized spacial score (nSPS) is 20.7. The van der Waals surface area contributed by atoms with Crippen molar-refractivity contribution in [2.45, 2.75) is 12.6 Å². The highest BCUT2D eigenvalue weighted by Crippen LogP contribution is 2.46. The molecule has 1 amide bonds. The fourth-order valence-electron chi connectivity index (χ4n) is 2.76. The van der Waals surface area contributed by atoms with Gasteiger partial charge in [0.25, 0.3) is 5.91 Å². The van der Waals surface area contributed by atoms with Gasteiger partial charge < -0.3 is 14.4 Å². The van der Waals surface area contributed by atoms with Gasteiger partial charge in [-0.1, -0.05) is 18.2 Å². The average Bonchev–Trinajstić information content (AvgIpc) is 3.22. The maximum Gasteiger partial charge on any atom is 0.406 e. The number of carbonyl (C=O) groups is 2. The first-order chi connectivity index (χ1) is 11.7. The molecule has 9 heteroatoms. The van der Waals surface area contributed by atoms with E-state index in [0.717, 1.165) is 11.2 Å². The van der Waals surface area contributed by atoms with Crippen LogP contribution in [0.5, 0.6) is 0 Å². The summed E-state index contributed by atoms with van der Waals surface area (Å²) in [5.41, 5.74) is -2.50. The first-order valence-electron chi connectivity index (χ1n) is 7.35. The number of aromatic nitrogens is 1. The molecule has 0 aliphatic carbocycles. The molecule has 1 aliphatic rings. The molecule has 132 valence electrons. The SMILES string of the molecule is O=C(c1coc(-c2ccccc2)n1)N1CCC(C(=O)O)(C(F)(F)F)C1. The molecule has 0 spiro atoms. The highest BCUT2D eigenvalue weighted by molar-refractivity contribution is 5.93. The second kappa shape index (κ2) is 5.91. The van der Waals surface area contributed by atoms with E-state index < -0.39 is 36.4 Å². The van der Waals surface area contributed by atoms with Crippen molar-refractivity contribution in [1.82, 2.24) is 9.88 Å². The minimum Gasteiger partial charge on any atom is -0.481 e. The lowest BCUT2D eigenvalue weighted by atomic mass is 9.86. The smallest absolute Gasteiger partial charge is 0.406 e. The number of aliphatic carboxylic acids is 1. The summed E-state index contributed by atoms with van der Waals surface area (Å²) >= 11 is 0. The lowest BCUT2D eigenvalue weighted by Crippen LogP contribution is -2.47. The number of nitrogens with zero attached hydrogens (tertiary/aromatic N) is 2. The molecule has 1 unspecified atom stereocenters. The molecule has 1 N–H and O–H groups in total. The van der Waals surface area contributed by atoms with E-state index in [9.17, 15) is 22.8 Å². The Hall–Kier alpha value is -2.84. The highest BCUT2D eigenvalue weighted by atomic mass is 19.4. The molecule has 1 saturated heterocycles. The van der Waals surface area contributed by atoms with Gasteiger partial charge in [0.1, 0.15) is 6.26 Å². The Labute approximate surface area is 139 Å². The van der Waals surface area contributed by atoms with Crippen molar-refractivity contribution in [2.75, 3.05) is 13.1 Å². The third-order valence-electron chi connectivity index (χ3n) is 4.25. The molecule has 2 aromatic rings. The van der Waals surface area contributed by atoms with Gasteiger partial charge >= 0.3 is 12.1 Å². The predicted molar refractivity (Wildman–Crippen MR) is 78.6 cm³/mol. The maximum atomic E-state index is 13.2. The summed E-state index contributed by atoms with van der Waals surface area (Å²) in [4.78, 5) is 28.4. The molecule has 1 atom stereocenters. The topological polar surface area (TPSA) is 83.6 Å².